The summed E-state index contributed by atoms with van der Waals surface area (Å²) in [6.45, 7) is 0. The Morgan fingerprint density at radius 2 is 0.933 bits per heavy atom. The Kier molecular flexibility index (Phi) is 13.4. The minimum absolute atomic E-state index is 0. The summed E-state index contributed by atoms with van der Waals surface area (Å²) in [5.41, 5.74) is 0. The summed E-state index contributed by atoms with van der Waals surface area (Å²) in [5.74, 6) is -2.00. The molecule has 5 heteroatoms. The quantitative estimate of drug-likeness (QED) is 0.429. The average molecular weight is 308 g/mol. The van der Waals surface area contributed by atoms with Crippen LogP contribution in [0.1, 0.15) is 51.4 Å². The predicted octanol–water partition coefficient (Wildman–Crippen LogP) is -0.396. The largest absolute Gasteiger partial charge is 2.00 e. The van der Waals surface area contributed by atoms with Gasteiger partial charge in [-0.15, -0.1) is 0 Å². The maximum absolute atomic E-state index is 10.0. The summed E-state index contributed by atoms with van der Waals surface area (Å²) in [7, 11) is 0. The first-order chi connectivity index (χ1) is 6.63. The molecule has 0 atom stereocenters. The SMILES string of the molecule is O=C([O-])CCCCCCCCC(=O)[O-].[Ag+2]. The predicted molar refractivity (Wildman–Crippen MR) is 47.0 cm³/mol. The normalized spacial score (nSPS) is 9.33. The zero-order valence-electron chi connectivity index (χ0n) is 8.59. The molecule has 0 heterocycles. The van der Waals surface area contributed by atoms with Crippen LogP contribution in [-0.2, 0) is 32.0 Å². The Morgan fingerprint density at radius 1 is 0.667 bits per heavy atom. The van der Waals surface area contributed by atoms with Gasteiger partial charge in [0.2, 0.25) is 0 Å². The van der Waals surface area contributed by atoms with Crippen molar-refractivity contribution in [3.05, 3.63) is 0 Å². The zero-order valence-corrected chi connectivity index (χ0v) is 10.1. The van der Waals surface area contributed by atoms with Gasteiger partial charge in [-0.25, -0.2) is 0 Å². The molecule has 0 aliphatic rings. The van der Waals surface area contributed by atoms with Crippen LogP contribution < -0.4 is 10.2 Å². The van der Waals surface area contributed by atoms with Crippen LogP contribution in [0.2, 0.25) is 0 Å². The van der Waals surface area contributed by atoms with Crippen molar-refractivity contribution >= 4 is 11.9 Å². The van der Waals surface area contributed by atoms with E-state index in [4.69, 9.17) is 0 Å². The van der Waals surface area contributed by atoms with Gasteiger partial charge in [-0.1, -0.05) is 25.7 Å². The van der Waals surface area contributed by atoms with Crippen LogP contribution in [0, 0.1) is 0 Å². The Morgan fingerprint density at radius 3 is 1.20 bits per heavy atom. The van der Waals surface area contributed by atoms with Crippen LogP contribution in [0.4, 0.5) is 0 Å². The Bertz CT molecular complexity index is 162. The molecule has 0 N–H and O–H groups in total. The fourth-order valence-electron chi connectivity index (χ4n) is 1.25. The second-order valence-electron chi connectivity index (χ2n) is 3.37. The maximum Gasteiger partial charge on any atom is 2.00 e. The van der Waals surface area contributed by atoms with Gasteiger partial charge in [0.25, 0.3) is 0 Å². The van der Waals surface area contributed by atoms with Crippen LogP contribution in [0.15, 0.2) is 0 Å². The number of rotatable bonds is 9. The third-order valence-electron chi connectivity index (χ3n) is 2.01. The molecule has 15 heavy (non-hydrogen) atoms. The summed E-state index contributed by atoms with van der Waals surface area (Å²) in [5, 5.41) is 20.1. The minimum atomic E-state index is -0.998. The molecule has 0 aliphatic heterocycles. The van der Waals surface area contributed by atoms with Gasteiger partial charge in [0.1, 0.15) is 0 Å². The second-order valence-corrected chi connectivity index (χ2v) is 3.37. The summed E-state index contributed by atoms with van der Waals surface area (Å²) >= 11 is 0. The van der Waals surface area contributed by atoms with E-state index in [1.807, 2.05) is 0 Å². The van der Waals surface area contributed by atoms with Gasteiger partial charge in [0.05, 0.1) is 0 Å². The van der Waals surface area contributed by atoms with Gasteiger partial charge < -0.3 is 19.8 Å². The van der Waals surface area contributed by atoms with Crippen molar-refractivity contribution in [2.24, 2.45) is 0 Å². The summed E-state index contributed by atoms with van der Waals surface area (Å²) in [6.07, 6.45) is 5.23. The van der Waals surface area contributed by atoms with Crippen LogP contribution in [0.25, 0.3) is 0 Å². The van der Waals surface area contributed by atoms with E-state index in [0.29, 0.717) is 12.8 Å². The van der Waals surface area contributed by atoms with Crippen LogP contribution in [0.3, 0.4) is 0 Å². The van der Waals surface area contributed by atoms with E-state index >= 15 is 0 Å². The standard InChI is InChI=1S/C10H18O4.Ag/c11-9(12)7-5-3-1-2-4-6-8-10(13)14;/h1-8H2,(H,11,12)(H,13,14);/q;+2/p-2. The van der Waals surface area contributed by atoms with Crippen LogP contribution in [-0.4, -0.2) is 11.9 Å². The minimum Gasteiger partial charge on any atom is -0.550 e. The number of unbranched alkanes of at least 4 members (excludes halogenated alkanes) is 5. The van der Waals surface area contributed by atoms with E-state index < -0.39 is 11.9 Å². The summed E-state index contributed by atoms with van der Waals surface area (Å²) in [4.78, 5) is 20.1. The molecule has 1 radical (unpaired) electrons. The molecule has 4 nitrogen and oxygen atoms in total. The van der Waals surface area contributed by atoms with Crippen molar-refractivity contribution in [1.29, 1.82) is 0 Å². The molecular formula is C10H16AgO4. The van der Waals surface area contributed by atoms with Crippen LogP contribution >= 0.6 is 0 Å². The van der Waals surface area contributed by atoms with E-state index in [9.17, 15) is 19.8 Å². The second kappa shape index (κ2) is 11.8. The first-order valence-electron chi connectivity index (χ1n) is 5.02. The number of hydrogen-bond donors (Lipinski definition) is 0. The number of carbonyl (C=O) groups excluding carboxylic acids is 2. The van der Waals surface area contributed by atoms with Gasteiger partial charge in [-0.3, -0.25) is 0 Å². The number of carboxylic acid groups (broad SMARTS) is 2. The molecular weight excluding hydrogens is 292 g/mol. The van der Waals surface area contributed by atoms with E-state index in [1.54, 1.807) is 0 Å². The molecule has 0 spiro atoms. The molecule has 0 rings (SSSR count). The first kappa shape index (κ1) is 17.1. The summed E-state index contributed by atoms with van der Waals surface area (Å²) < 4.78 is 0. The molecule has 0 saturated heterocycles. The van der Waals surface area contributed by atoms with Gasteiger partial charge in [0.15, 0.2) is 0 Å². The first-order valence-corrected chi connectivity index (χ1v) is 5.02. The molecule has 0 aromatic heterocycles. The smallest absolute Gasteiger partial charge is 0.550 e. The molecule has 0 aromatic rings. The molecule has 0 bridgehead atoms. The number of hydrogen-bond acceptors (Lipinski definition) is 4. The van der Waals surface area contributed by atoms with Crippen molar-refractivity contribution < 1.29 is 42.2 Å². The molecule has 0 aliphatic carbocycles. The number of carbonyl (C=O) groups is 2. The molecule has 0 aromatic carbocycles. The molecule has 0 fully saturated rings. The Hall–Kier alpha value is -0.320. The third kappa shape index (κ3) is 16.4. The maximum atomic E-state index is 10.0. The average Bonchev–Trinajstić information content (AvgIpc) is 2.08. The van der Waals surface area contributed by atoms with Crippen LogP contribution in [0.5, 0.6) is 0 Å². The van der Waals surface area contributed by atoms with Crippen molar-refractivity contribution in [3.63, 3.8) is 0 Å². The Labute approximate surface area is 106 Å². The summed E-state index contributed by atoms with van der Waals surface area (Å²) in [6, 6.07) is 0. The number of carboxylic acids is 2. The van der Waals surface area contributed by atoms with Crippen molar-refractivity contribution in [1.82, 2.24) is 0 Å². The third-order valence-corrected chi connectivity index (χ3v) is 2.01. The fraction of sp³-hybridized carbons (Fsp3) is 0.800. The Balaban J connectivity index is 0. The molecule has 0 saturated carbocycles. The van der Waals surface area contributed by atoms with Crippen molar-refractivity contribution in [2.45, 2.75) is 51.4 Å². The van der Waals surface area contributed by atoms with Gasteiger partial charge in [-0.05, 0) is 25.7 Å². The molecule has 0 unspecified atom stereocenters. The zero-order chi connectivity index (χ0) is 10.8. The van der Waals surface area contributed by atoms with E-state index in [-0.39, 0.29) is 35.2 Å². The van der Waals surface area contributed by atoms with Gasteiger partial charge in [-0.2, -0.15) is 0 Å². The fourth-order valence-corrected chi connectivity index (χ4v) is 1.25. The van der Waals surface area contributed by atoms with E-state index in [2.05, 4.69) is 0 Å². The van der Waals surface area contributed by atoms with E-state index in [1.165, 1.54) is 0 Å². The van der Waals surface area contributed by atoms with Gasteiger partial charge >= 0.3 is 22.4 Å². The van der Waals surface area contributed by atoms with Crippen molar-refractivity contribution in [2.75, 3.05) is 0 Å². The van der Waals surface area contributed by atoms with E-state index in [0.717, 1.165) is 25.7 Å². The molecule has 0 amide bonds. The van der Waals surface area contributed by atoms with Gasteiger partial charge in [0, 0.05) is 11.9 Å². The topological polar surface area (TPSA) is 80.3 Å². The monoisotopic (exact) mass is 307 g/mol. The van der Waals surface area contributed by atoms with Crippen molar-refractivity contribution in [3.8, 4) is 0 Å². The molecule has 91 valence electrons. The number of aliphatic carboxylic acids is 2.